The van der Waals surface area contributed by atoms with Crippen molar-refractivity contribution in [1.82, 2.24) is 10.2 Å². The summed E-state index contributed by atoms with van der Waals surface area (Å²) in [5.74, 6) is 0.713. The van der Waals surface area contributed by atoms with Crippen molar-refractivity contribution >= 4 is 35.0 Å². The van der Waals surface area contributed by atoms with Crippen LogP contribution < -0.4 is 4.90 Å². The maximum absolute atomic E-state index is 12.9. The molecule has 2 heterocycles. The van der Waals surface area contributed by atoms with E-state index in [-0.39, 0.29) is 17.7 Å². The normalized spacial score (nSPS) is 16.2. The van der Waals surface area contributed by atoms with Crippen LogP contribution in [0.3, 0.4) is 0 Å². The lowest BCUT2D eigenvalue weighted by Crippen LogP contribution is -2.43. The van der Waals surface area contributed by atoms with E-state index in [1.54, 1.807) is 12.1 Å². The summed E-state index contributed by atoms with van der Waals surface area (Å²) in [6.07, 6.45) is 1.97. The van der Waals surface area contributed by atoms with Gasteiger partial charge < -0.3 is 9.32 Å². The molecule has 0 bridgehead atoms. The summed E-state index contributed by atoms with van der Waals surface area (Å²) in [4.78, 5) is 14.8. The number of aryl methyl sites for hydroxylation is 1. The van der Waals surface area contributed by atoms with Crippen LogP contribution in [0.15, 0.2) is 58.2 Å². The number of amides is 1. The Hall–Kier alpha value is -2.31. The second-order valence-electron chi connectivity index (χ2n) is 6.45. The SMILES string of the molecule is CC1CCc2ccccc2N1C(=O)CSc1nnc(-c2ccc(Cl)cc2)o1. The fourth-order valence-electron chi connectivity index (χ4n) is 3.24. The van der Waals surface area contributed by atoms with Crippen molar-refractivity contribution in [2.75, 3.05) is 10.7 Å². The average molecular weight is 400 g/mol. The third kappa shape index (κ3) is 3.87. The molecule has 1 aliphatic heterocycles. The molecule has 7 heteroatoms. The topological polar surface area (TPSA) is 59.2 Å². The van der Waals surface area contributed by atoms with Gasteiger partial charge in [0.05, 0.1) is 5.75 Å². The largest absolute Gasteiger partial charge is 0.411 e. The first kappa shape index (κ1) is 18.1. The molecule has 0 saturated heterocycles. The molecule has 138 valence electrons. The highest BCUT2D eigenvalue weighted by molar-refractivity contribution is 7.99. The number of thioether (sulfide) groups is 1. The van der Waals surface area contributed by atoms with Gasteiger partial charge in [-0.3, -0.25) is 4.79 Å². The lowest BCUT2D eigenvalue weighted by molar-refractivity contribution is -0.116. The quantitative estimate of drug-likeness (QED) is 0.587. The van der Waals surface area contributed by atoms with Gasteiger partial charge in [-0.15, -0.1) is 10.2 Å². The van der Waals surface area contributed by atoms with Crippen LogP contribution in [0.2, 0.25) is 5.02 Å². The number of aromatic nitrogens is 2. The van der Waals surface area contributed by atoms with Crippen LogP contribution in [0, 0.1) is 0 Å². The number of halogens is 1. The van der Waals surface area contributed by atoms with Gasteiger partial charge >= 0.3 is 0 Å². The molecule has 1 atom stereocenters. The molecule has 3 aromatic rings. The number of anilines is 1. The lowest BCUT2D eigenvalue weighted by Gasteiger charge is -2.35. The van der Waals surface area contributed by atoms with Gasteiger partial charge in [-0.25, -0.2) is 0 Å². The number of hydrogen-bond donors (Lipinski definition) is 0. The summed E-state index contributed by atoms with van der Waals surface area (Å²) < 4.78 is 5.67. The summed E-state index contributed by atoms with van der Waals surface area (Å²) in [5.41, 5.74) is 3.02. The Morgan fingerprint density at radius 1 is 1.22 bits per heavy atom. The van der Waals surface area contributed by atoms with Crippen molar-refractivity contribution in [1.29, 1.82) is 0 Å². The summed E-state index contributed by atoms with van der Waals surface area (Å²) in [6.45, 7) is 2.09. The van der Waals surface area contributed by atoms with Gasteiger partial charge in [0, 0.05) is 22.3 Å². The maximum Gasteiger partial charge on any atom is 0.277 e. The van der Waals surface area contributed by atoms with Gasteiger partial charge in [-0.1, -0.05) is 41.6 Å². The zero-order valence-corrected chi connectivity index (χ0v) is 16.3. The van der Waals surface area contributed by atoms with E-state index >= 15 is 0 Å². The van der Waals surface area contributed by atoms with Crippen molar-refractivity contribution in [3.8, 4) is 11.5 Å². The van der Waals surface area contributed by atoms with E-state index in [0.29, 0.717) is 16.1 Å². The molecule has 0 radical (unpaired) electrons. The van der Waals surface area contributed by atoms with Gasteiger partial charge in [0.25, 0.3) is 5.22 Å². The zero-order chi connectivity index (χ0) is 18.8. The molecule has 0 aliphatic carbocycles. The lowest BCUT2D eigenvalue weighted by atomic mass is 9.97. The Morgan fingerprint density at radius 2 is 2.00 bits per heavy atom. The van der Waals surface area contributed by atoms with Gasteiger partial charge in [0.15, 0.2) is 0 Å². The van der Waals surface area contributed by atoms with Crippen LogP contribution in [0.4, 0.5) is 5.69 Å². The number of para-hydroxylation sites is 1. The van der Waals surface area contributed by atoms with Crippen molar-refractivity contribution in [3.05, 3.63) is 59.1 Å². The molecule has 1 aromatic heterocycles. The van der Waals surface area contributed by atoms with E-state index < -0.39 is 0 Å². The van der Waals surface area contributed by atoms with Crippen molar-refractivity contribution in [3.63, 3.8) is 0 Å². The van der Waals surface area contributed by atoms with Crippen LogP contribution >= 0.6 is 23.4 Å². The third-order valence-corrected chi connectivity index (χ3v) is 5.66. The van der Waals surface area contributed by atoms with Crippen LogP contribution in [0.1, 0.15) is 18.9 Å². The second-order valence-corrected chi connectivity index (χ2v) is 7.81. The summed E-state index contributed by atoms with van der Waals surface area (Å²) in [6, 6.07) is 15.5. The van der Waals surface area contributed by atoms with E-state index in [2.05, 4.69) is 23.2 Å². The second kappa shape index (κ2) is 7.74. The monoisotopic (exact) mass is 399 g/mol. The van der Waals surface area contributed by atoms with E-state index in [1.807, 2.05) is 35.2 Å². The van der Waals surface area contributed by atoms with Crippen molar-refractivity contribution in [2.24, 2.45) is 0 Å². The van der Waals surface area contributed by atoms with E-state index in [0.717, 1.165) is 24.1 Å². The Labute approximate surface area is 166 Å². The van der Waals surface area contributed by atoms with Gasteiger partial charge in [-0.05, 0) is 55.7 Å². The average Bonchev–Trinajstić information content (AvgIpc) is 3.15. The highest BCUT2D eigenvalue weighted by Crippen LogP contribution is 2.32. The predicted octanol–water partition coefficient (Wildman–Crippen LogP) is 4.85. The minimum Gasteiger partial charge on any atom is -0.411 e. The number of rotatable bonds is 4. The van der Waals surface area contributed by atoms with Crippen molar-refractivity contribution in [2.45, 2.75) is 31.0 Å². The first-order valence-electron chi connectivity index (χ1n) is 8.74. The number of carbonyl (C=O) groups is 1. The number of fused-ring (bicyclic) bond motifs is 1. The Bertz CT molecular complexity index is 958. The molecular weight excluding hydrogens is 382 g/mol. The summed E-state index contributed by atoms with van der Waals surface area (Å²) in [7, 11) is 0. The van der Waals surface area contributed by atoms with Crippen molar-refractivity contribution < 1.29 is 9.21 Å². The molecule has 2 aromatic carbocycles. The fraction of sp³-hybridized carbons (Fsp3) is 0.250. The molecule has 0 fully saturated rings. The Morgan fingerprint density at radius 3 is 2.81 bits per heavy atom. The summed E-state index contributed by atoms with van der Waals surface area (Å²) in [5, 5.41) is 9.12. The maximum atomic E-state index is 12.9. The molecule has 27 heavy (non-hydrogen) atoms. The van der Waals surface area contributed by atoms with Gasteiger partial charge in [-0.2, -0.15) is 0 Å². The van der Waals surface area contributed by atoms with Crippen LogP contribution in [-0.4, -0.2) is 27.9 Å². The molecule has 1 unspecified atom stereocenters. The van der Waals surface area contributed by atoms with Gasteiger partial charge in [0.1, 0.15) is 0 Å². The Balaban J connectivity index is 1.45. The van der Waals surface area contributed by atoms with Crippen LogP contribution in [0.5, 0.6) is 0 Å². The molecule has 0 N–H and O–H groups in total. The highest BCUT2D eigenvalue weighted by Gasteiger charge is 2.28. The number of benzene rings is 2. The van der Waals surface area contributed by atoms with Crippen LogP contribution in [-0.2, 0) is 11.2 Å². The van der Waals surface area contributed by atoms with Gasteiger partial charge in [0.2, 0.25) is 11.8 Å². The molecule has 1 amide bonds. The minimum atomic E-state index is 0.0471. The van der Waals surface area contributed by atoms with E-state index in [1.165, 1.54) is 17.3 Å². The first-order chi connectivity index (χ1) is 13.1. The molecule has 0 spiro atoms. The smallest absolute Gasteiger partial charge is 0.277 e. The fourth-order valence-corrected chi connectivity index (χ4v) is 3.99. The first-order valence-corrected chi connectivity index (χ1v) is 10.1. The summed E-state index contributed by atoms with van der Waals surface area (Å²) >= 11 is 7.16. The molecule has 0 saturated carbocycles. The number of nitrogens with zero attached hydrogens (tertiary/aromatic N) is 3. The Kier molecular flexibility index (Phi) is 5.18. The third-order valence-electron chi connectivity index (χ3n) is 4.61. The van der Waals surface area contributed by atoms with E-state index in [9.17, 15) is 4.79 Å². The highest BCUT2D eigenvalue weighted by atomic mass is 35.5. The molecular formula is C20H18ClN3O2S. The zero-order valence-electron chi connectivity index (χ0n) is 14.8. The predicted molar refractivity (Wildman–Crippen MR) is 107 cm³/mol. The molecule has 5 nitrogen and oxygen atoms in total. The van der Waals surface area contributed by atoms with E-state index in [4.69, 9.17) is 16.0 Å². The van der Waals surface area contributed by atoms with Crippen LogP contribution in [0.25, 0.3) is 11.5 Å². The molecule has 4 rings (SSSR count). The number of carbonyl (C=O) groups excluding carboxylic acids is 1. The molecule has 1 aliphatic rings. The number of hydrogen-bond acceptors (Lipinski definition) is 5. The minimum absolute atomic E-state index is 0.0471. The standard InChI is InChI=1S/C20H18ClN3O2S/c1-13-6-7-14-4-2-3-5-17(14)24(13)18(25)12-27-20-23-22-19(26-20)15-8-10-16(21)11-9-15/h2-5,8-11,13H,6-7,12H2,1H3.